The van der Waals surface area contributed by atoms with Crippen LogP contribution in [0.25, 0.3) is 0 Å². The smallest absolute Gasteiger partial charge is 0.342 e. The summed E-state index contributed by atoms with van der Waals surface area (Å²) in [5.41, 5.74) is -0.168. The van der Waals surface area contributed by atoms with E-state index in [9.17, 15) is 20.0 Å². The summed E-state index contributed by atoms with van der Waals surface area (Å²) in [6, 6.07) is 4.00. The molecule has 1 unspecified atom stereocenters. The summed E-state index contributed by atoms with van der Waals surface area (Å²) in [5.74, 6) is -1.33. The van der Waals surface area contributed by atoms with Crippen molar-refractivity contribution in [2.45, 2.75) is 18.9 Å². The SMILES string of the molecule is O=C(O)c1cc(N2CCCC(O)C2)ccc1[N+](=O)[O-]. The number of carbonyl (C=O) groups is 1. The Morgan fingerprint density at radius 1 is 1.47 bits per heavy atom. The van der Waals surface area contributed by atoms with Gasteiger partial charge in [-0.2, -0.15) is 0 Å². The molecule has 102 valence electrons. The maximum Gasteiger partial charge on any atom is 0.342 e. The molecule has 1 fully saturated rings. The van der Waals surface area contributed by atoms with Crippen LogP contribution in [0.4, 0.5) is 11.4 Å². The highest BCUT2D eigenvalue weighted by atomic mass is 16.6. The van der Waals surface area contributed by atoms with Gasteiger partial charge >= 0.3 is 5.97 Å². The molecule has 0 spiro atoms. The highest BCUT2D eigenvalue weighted by molar-refractivity contribution is 5.93. The zero-order valence-electron chi connectivity index (χ0n) is 10.2. The number of aliphatic hydroxyl groups is 1. The molecule has 0 amide bonds. The van der Waals surface area contributed by atoms with Gasteiger partial charge in [0.05, 0.1) is 11.0 Å². The van der Waals surface area contributed by atoms with Crippen LogP contribution in [0.15, 0.2) is 18.2 Å². The lowest BCUT2D eigenvalue weighted by atomic mass is 10.1. The zero-order valence-corrected chi connectivity index (χ0v) is 10.2. The molecule has 2 N–H and O–H groups in total. The molecule has 0 bridgehead atoms. The fourth-order valence-electron chi connectivity index (χ4n) is 2.24. The monoisotopic (exact) mass is 266 g/mol. The molecule has 19 heavy (non-hydrogen) atoms. The van der Waals surface area contributed by atoms with Gasteiger partial charge in [-0.1, -0.05) is 0 Å². The molecule has 1 aliphatic rings. The topological polar surface area (TPSA) is 104 Å². The molecule has 0 aromatic heterocycles. The largest absolute Gasteiger partial charge is 0.477 e. The van der Waals surface area contributed by atoms with E-state index in [1.165, 1.54) is 18.2 Å². The average Bonchev–Trinajstić information content (AvgIpc) is 2.37. The lowest BCUT2D eigenvalue weighted by molar-refractivity contribution is -0.385. The van der Waals surface area contributed by atoms with E-state index in [4.69, 9.17) is 5.11 Å². The fraction of sp³-hybridized carbons (Fsp3) is 0.417. The third kappa shape index (κ3) is 2.82. The van der Waals surface area contributed by atoms with Crippen LogP contribution in [0.2, 0.25) is 0 Å². The maximum atomic E-state index is 11.1. The molecule has 1 saturated heterocycles. The third-order valence-electron chi connectivity index (χ3n) is 3.17. The molecule has 1 heterocycles. The van der Waals surface area contributed by atoms with Gasteiger partial charge in [-0.15, -0.1) is 0 Å². The Kier molecular flexibility index (Phi) is 3.66. The second-order valence-corrected chi connectivity index (χ2v) is 4.51. The van der Waals surface area contributed by atoms with Crippen LogP contribution in [0.5, 0.6) is 0 Å². The van der Waals surface area contributed by atoms with Crippen molar-refractivity contribution in [1.82, 2.24) is 0 Å². The van der Waals surface area contributed by atoms with Crippen LogP contribution < -0.4 is 4.90 Å². The molecule has 1 aliphatic heterocycles. The number of hydrogen-bond donors (Lipinski definition) is 2. The predicted octanol–water partition coefficient (Wildman–Crippen LogP) is 1.25. The summed E-state index contributed by atoms with van der Waals surface area (Å²) >= 11 is 0. The first kappa shape index (κ1) is 13.3. The Bertz CT molecular complexity index is 517. The minimum absolute atomic E-state index is 0.331. The van der Waals surface area contributed by atoms with Gasteiger partial charge in [0, 0.05) is 24.8 Å². The van der Waals surface area contributed by atoms with Crippen molar-refractivity contribution in [2.24, 2.45) is 0 Å². The van der Waals surface area contributed by atoms with Gasteiger partial charge in [-0.25, -0.2) is 4.79 Å². The second kappa shape index (κ2) is 5.23. The maximum absolute atomic E-state index is 11.1. The van der Waals surface area contributed by atoms with E-state index in [-0.39, 0.29) is 5.56 Å². The summed E-state index contributed by atoms with van der Waals surface area (Å²) in [5, 5.41) is 29.4. The van der Waals surface area contributed by atoms with E-state index >= 15 is 0 Å². The number of hydrogen-bond acceptors (Lipinski definition) is 5. The molecule has 0 radical (unpaired) electrons. The van der Waals surface area contributed by atoms with Gasteiger partial charge in [-0.05, 0) is 25.0 Å². The van der Waals surface area contributed by atoms with Crippen LogP contribution in [0, 0.1) is 10.1 Å². The van der Waals surface area contributed by atoms with Crippen molar-refractivity contribution in [3.8, 4) is 0 Å². The quantitative estimate of drug-likeness (QED) is 0.630. The van der Waals surface area contributed by atoms with Crippen LogP contribution in [-0.4, -0.2) is 40.3 Å². The molecule has 7 heteroatoms. The summed E-state index contributed by atoms with van der Waals surface area (Å²) < 4.78 is 0. The Hall–Kier alpha value is -2.15. The number of piperidine rings is 1. The molecular weight excluding hydrogens is 252 g/mol. The summed E-state index contributed by atoms with van der Waals surface area (Å²) in [7, 11) is 0. The number of rotatable bonds is 3. The summed E-state index contributed by atoms with van der Waals surface area (Å²) in [6.07, 6.45) is 1.08. The van der Waals surface area contributed by atoms with Gasteiger partial charge in [0.2, 0.25) is 0 Å². The third-order valence-corrected chi connectivity index (χ3v) is 3.17. The van der Waals surface area contributed by atoms with E-state index in [0.717, 1.165) is 12.8 Å². The Labute approximate surface area is 109 Å². The highest BCUT2D eigenvalue weighted by Gasteiger charge is 2.23. The lowest BCUT2D eigenvalue weighted by Crippen LogP contribution is -2.38. The van der Waals surface area contributed by atoms with E-state index in [0.29, 0.717) is 18.8 Å². The number of anilines is 1. The Morgan fingerprint density at radius 2 is 2.21 bits per heavy atom. The first-order chi connectivity index (χ1) is 8.99. The predicted molar refractivity (Wildman–Crippen MR) is 67.5 cm³/mol. The van der Waals surface area contributed by atoms with Crippen molar-refractivity contribution < 1.29 is 19.9 Å². The van der Waals surface area contributed by atoms with E-state index in [2.05, 4.69) is 0 Å². The molecule has 1 aromatic carbocycles. The lowest BCUT2D eigenvalue weighted by Gasteiger charge is -2.32. The Morgan fingerprint density at radius 3 is 2.79 bits per heavy atom. The fourth-order valence-corrected chi connectivity index (χ4v) is 2.24. The van der Waals surface area contributed by atoms with Crippen LogP contribution in [0.3, 0.4) is 0 Å². The van der Waals surface area contributed by atoms with Gasteiger partial charge in [0.1, 0.15) is 5.56 Å². The second-order valence-electron chi connectivity index (χ2n) is 4.51. The number of β-amino-alcohol motifs (C(OH)–C–C–N with tert-alkyl or cyclic N) is 1. The molecule has 7 nitrogen and oxygen atoms in total. The minimum atomic E-state index is -1.33. The van der Waals surface area contributed by atoms with Crippen molar-refractivity contribution in [2.75, 3.05) is 18.0 Å². The number of aliphatic hydroxyl groups excluding tert-OH is 1. The first-order valence-electron chi connectivity index (χ1n) is 5.94. The molecule has 1 atom stereocenters. The van der Waals surface area contributed by atoms with Crippen LogP contribution in [0.1, 0.15) is 23.2 Å². The molecular formula is C12H14N2O5. The number of nitro benzene ring substituents is 1. The zero-order chi connectivity index (χ0) is 14.0. The highest BCUT2D eigenvalue weighted by Crippen LogP contribution is 2.27. The Balaban J connectivity index is 2.35. The van der Waals surface area contributed by atoms with Gasteiger partial charge in [0.15, 0.2) is 0 Å². The molecule has 2 rings (SSSR count). The molecule has 0 aliphatic carbocycles. The first-order valence-corrected chi connectivity index (χ1v) is 5.94. The minimum Gasteiger partial charge on any atom is -0.477 e. The molecule has 0 saturated carbocycles. The van der Waals surface area contributed by atoms with E-state index in [1.54, 1.807) is 0 Å². The normalized spacial score (nSPS) is 19.2. The van der Waals surface area contributed by atoms with E-state index in [1.807, 2.05) is 4.90 Å². The summed E-state index contributed by atoms with van der Waals surface area (Å²) in [4.78, 5) is 22.9. The number of nitro groups is 1. The van der Waals surface area contributed by atoms with Crippen molar-refractivity contribution in [3.05, 3.63) is 33.9 Å². The van der Waals surface area contributed by atoms with Crippen LogP contribution >= 0.6 is 0 Å². The number of carboxylic acids is 1. The average molecular weight is 266 g/mol. The molecule has 1 aromatic rings. The van der Waals surface area contributed by atoms with Crippen molar-refractivity contribution >= 4 is 17.3 Å². The summed E-state index contributed by atoms with van der Waals surface area (Å²) in [6.45, 7) is 1.12. The van der Waals surface area contributed by atoms with Gasteiger partial charge < -0.3 is 15.1 Å². The number of carboxylic acid groups (broad SMARTS) is 1. The van der Waals surface area contributed by atoms with Crippen molar-refractivity contribution in [3.63, 3.8) is 0 Å². The number of aromatic carboxylic acids is 1. The van der Waals surface area contributed by atoms with Crippen molar-refractivity contribution in [1.29, 1.82) is 0 Å². The van der Waals surface area contributed by atoms with Gasteiger partial charge in [0.25, 0.3) is 5.69 Å². The number of benzene rings is 1. The van der Waals surface area contributed by atoms with Crippen LogP contribution in [-0.2, 0) is 0 Å². The standard InChI is InChI=1S/C12H14N2O5/c15-9-2-1-5-13(7-9)8-3-4-11(14(18)19)10(6-8)12(16)17/h3-4,6,9,15H,1-2,5,7H2,(H,16,17). The van der Waals surface area contributed by atoms with E-state index < -0.39 is 22.7 Å². The number of nitrogens with zero attached hydrogens (tertiary/aromatic N) is 2. The van der Waals surface area contributed by atoms with Gasteiger partial charge in [-0.3, -0.25) is 10.1 Å².